The summed E-state index contributed by atoms with van der Waals surface area (Å²) in [6, 6.07) is 9.52. The van der Waals surface area contributed by atoms with Gasteiger partial charge in [-0.25, -0.2) is 14.6 Å². The van der Waals surface area contributed by atoms with E-state index in [0.717, 1.165) is 10.6 Å². The molecule has 2 heterocycles. The van der Waals surface area contributed by atoms with E-state index < -0.39 is 119 Å². The van der Waals surface area contributed by atoms with Crippen LogP contribution in [0.3, 0.4) is 0 Å². The topological polar surface area (TPSA) is 366 Å². The van der Waals surface area contributed by atoms with E-state index in [9.17, 15) is 47.9 Å². The van der Waals surface area contributed by atoms with E-state index in [1.54, 1.807) is 82.1 Å². The number of nitrogens with two attached hydrogens (primary N) is 2. The first-order valence-electron chi connectivity index (χ1n) is 30.7. The molecule has 1 fully saturated rings. The lowest BCUT2D eigenvalue weighted by molar-refractivity contribution is -0.148. The van der Waals surface area contributed by atoms with Crippen LogP contribution in [0.4, 0.5) is 15.3 Å². The van der Waals surface area contributed by atoms with Crippen molar-refractivity contribution in [1.29, 1.82) is 0 Å². The van der Waals surface area contributed by atoms with Gasteiger partial charge in [-0.15, -0.1) is 11.3 Å². The molecule has 27 heteroatoms. The fraction of sp³-hybridized carbons (Fsp3) is 0.603. The number of amides is 11. The van der Waals surface area contributed by atoms with Gasteiger partial charge in [0.05, 0.1) is 42.7 Å². The number of rotatable bonds is 35. The van der Waals surface area contributed by atoms with Gasteiger partial charge in [0, 0.05) is 65.1 Å². The van der Waals surface area contributed by atoms with Crippen molar-refractivity contribution in [3.8, 4) is 0 Å². The van der Waals surface area contributed by atoms with Gasteiger partial charge in [-0.3, -0.25) is 38.4 Å². The number of benzene rings is 2. The van der Waals surface area contributed by atoms with Crippen LogP contribution >= 0.6 is 11.3 Å². The number of primary amides is 1. The Morgan fingerprint density at radius 1 is 0.800 bits per heavy atom. The third-order valence-corrected chi connectivity index (χ3v) is 17.1. The first kappa shape index (κ1) is 74.7. The predicted octanol–water partition coefficient (Wildman–Crippen LogP) is 3.79. The van der Waals surface area contributed by atoms with Gasteiger partial charge in [0.1, 0.15) is 41.3 Å². The quantitative estimate of drug-likeness (QED) is 0.0375. The molecule has 0 saturated carbocycles. The van der Waals surface area contributed by atoms with E-state index in [1.165, 1.54) is 39.2 Å². The Morgan fingerprint density at radius 3 is 2.03 bits per heavy atom. The van der Waals surface area contributed by atoms with Crippen molar-refractivity contribution in [3.05, 3.63) is 82.3 Å². The number of thiazole rings is 1. The van der Waals surface area contributed by atoms with Crippen molar-refractivity contribution in [1.82, 2.24) is 52.0 Å². The number of likely N-dealkylation sites (tertiary alicyclic amines) is 1. The first-order valence-corrected chi connectivity index (χ1v) is 31.6. The average molecular weight is 1280 g/mol. The van der Waals surface area contributed by atoms with Crippen LogP contribution < -0.4 is 54.0 Å². The predicted molar refractivity (Wildman–Crippen MR) is 341 cm³/mol. The third-order valence-electron chi connectivity index (χ3n) is 16.2. The number of hydrogen-bond acceptors (Lipinski definition) is 16. The SMILES string of the molecule is CC[C@H](C)[C@@H]([C@@H](CC(=O)N1CCC[C@H]1[C@H](OC)[C@@H](C)C(=O)N[C@@H](Cc1ccccc1)c1nccs1)OC)N(C)C(=O)[C@@H](NC(=O)C(C)(C)NC(=O)OCc1ccc(NC(=O)[C@H](CCCNC(N)=O)NC(=O)[C@@H](NC(=O)[C@H](CN)NC(C)=O)C(C)C)cc1)C(C)C. The van der Waals surface area contributed by atoms with Crippen molar-refractivity contribution in [2.45, 2.75) is 181 Å². The molecule has 4 rings (SSSR count). The number of likely N-dealkylation sites (N-methyl/N-ethyl adjacent to an activating group) is 1. The fourth-order valence-electron chi connectivity index (χ4n) is 10.8. The molecule has 11 amide bonds. The summed E-state index contributed by atoms with van der Waals surface area (Å²) < 4.78 is 17.6. The standard InChI is InChI=1S/C63H97N13O13S/c1-14-38(6)52(48(87-12)33-49(78)76-30-19-23-47(76)53(88-13)39(7)54(79)71-45(58-66-29-31-90-58)32-41-20-16-15-17-21-41)75(11)59(83)51(37(4)5)73-60(84)63(9,10)74-62(86)89-35-42-24-26-43(27-25-42)69-55(80)44(22-18-28-67-61(65)85)70-57(82)50(36(2)3)72-56(81)46(34-64)68-40(8)77/h15-17,20-21,24-27,29,31,36-39,44-48,50-53H,14,18-19,22-23,28,30,32-35,64H2,1-13H3,(H,68,77)(H,69,80)(H,70,82)(H,71,79)(H,72,81)(H,73,84)(H,74,86)(H3,65,67,85)/t38-,39+,44-,45-,46-,47-,48+,50-,51-,52-,53+/m0/s1. The molecule has 26 nitrogen and oxygen atoms in total. The van der Waals surface area contributed by atoms with E-state index in [4.69, 9.17) is 25.7 Å². The number of hydrogen-bond donors (Lipinski definition) is 10. The smallest absolute Gasteiger partial charge is 0.408 e. The summed E-state index contributed by atoms with van der Waals surface area (Å²) in [4.78, 5) is 142. The minimum Gasteiger partial charge on any atom is -0.445 e. The number of nitrogens with one attached hydrogen (secondary N) is 8. The summed E-state index contributed by atoms with van der Waals surface area (Å²) in [6.45, 7) is 16.9. The van der Waals surface area contributed by atoms with Crippen LogP contribution in [0.1, 0.15) is 130 Å². The molecule has 0 spiro atoms. The van der Waals surface area contributed by atoms with Crippen molar-refractivity contribution in [2.75, 3.05) is 46.2 Å². The molecule has 0 unspecified atom stereocenters. The van der Waals surface area contributed by atoms with Gasteiger partial charge in [-0.1, -0.05) is 97.4 Å². The van der Waals surface area contributed by atoms with Crippen molar-refractivity contribution in [3.63, 3.8) is 0 Å². The largest absolute Gasteiger partial charge is 0.445 e. The van der Waals surface area contributed by atoms with Crippen LogP contribution in [0.15, 0.2) is 66.2 Å². The van der Waals surface area contributed by atoms with Crippen LogP contribution in [0.25, 0.3) is 0 Å². The van der Waals surface area contributed by atoms with Crippen molar-refractivity contribution >= 4 is 76.4 Å². The molecule has 12 N–H and O–H groups in total. The second kappa shape index (κ2) is 36.2. The molecule has 3 aromatic rings. The summed E-state index contributed by atoms with van der Waals surface area (Å²) >= 11 is 1.47. The number of methoxy groups -OCH3 is 2. The Labute approximate surface area is 532 Å². The molecule has 1 saturated heterocycles. The first-order chi connectivity index (χ1) is 42.6. The average Bonchev–Trinajstić information content (AvgIpc) is 1.55. The number of anilines is 1. The Morgan fingerprint density at radius 2 is 1.47 bits per heavy atom. The van der Waals surface area contributed by atoms with Crippen LogP contribution in [0.5, 0.6) is 0 Å². The Hall–Kier alpha value is -7.75. The van der Waals surface area contributed by atoms with Gasteiger partial charge < -0.3 is 78.0 Å². The number of urea groups is 1. The Bertz CT molecular complexity index is 2850. The summed E-state index contributed by atoms with van der Waals surface area (Å²) in [5.41, 5.74) is 11.2. The third kappa shape index (κ3) is 22.3. The molecule has 1 aliphatic heterocycles. The maximum absolute atomic E-state index is 14.7. The van der Waals surface area contributed by atoms with Gasteiger partial charge >= 0.3 is 12.1 Å². The van der Waals surface area contributed by atoms with E-state index in [2.05, 4.69) is 47.5 Å². The number of aromatic nitrogens is 1. The zero-order valence-electron chi connectivity index (χ0n) is 54.3. The molecule has 2 aromatic carbocycles. The molecular formula is C63H97N13O13S. The van der Waals surface area contributed by atoms with Gasteiger partial charge in [0.15, 0.2) is 0 Å². The summed E-state index contributed by atoms with van der Waals surface area (Å²) in [5, 5.41) is 24.2. The number of ether oxygens (including phenoxy) is 3. The zero-order valence-corrected chi connectivity index (χ0v) is 55.2. The monoisotopic (exact) mass is 1280 g/mol. The highest BCUT2D eigenvalue weighted by Crippen LogP contribution is 2.31. The highest BCUT2D eigenvalue weighted by Gasteiger charge is 2.44. The second-order valence-electron chi connectivity index (χ2n) is 24.1. The lowest BCUT2D eigenvalue weighted by Crippen LogP contribution is -2.62. The molecule has 11 atom stereocenters. The summed E-state index contributed by atoms with van der Waals surface area (Å²) in [6.07, 6.45) is 2.07. The van der Waals surface area contributed by atoms with Crippen LogP contribution in [0.2, 0.25) is 0 Å². The van der Waals surface area contributed by atoms with Crippen molar-refractivity contribution < 1.29 is 62.2 Å². The number of alkyl carbamates (subject to hydrolysis) is 1. The minimum absolute atomic E-state index is 0.0565. The minimum atomic E-state index is -1.59. The molecule has 498 valence electrons. The van der Waals surface area contributed by atoms with Gasteiger partial charge in [0.2, 0.25) is 47.3 Å². The highest BCUT2D eigenvalue weighted by atomic mass is 32.1. The van der Waals surface area contributed by atoms with Crippen LogP contribution in [-0.4, -0.2) is 169 Å². The van der Waals surface area contributed by atoms with E-state index >= 15 is 0 Å². The van der Waals surface area contributed by atoms with E-state index in [1.807, 2.05) is 56.5 Å². The Balaban J connectivity index is 1.38. The molecule has 0 aliphatic carbocycles. The van der Waals surface area contributed by atoms with Crippen LogP contribution in [0, 0.1) is 23.7 Å². The maximum atomic E-state index is 14.7. The molecule has 0 radical (unpaired) electrons. The van der Waals surface area contributed by atoms with Gasteiger partial charge in [-0.2, -0.15) is 0 Å². The molecule has 0 bridgehead atoms. The maximum Gasteiger partial charge on any atom is 0.408 e. The summed E-state index contributed by atoms with van der Waals surface area (Å²) in [7, 11) is 4.69. The number of carbonyl (C=O) groups excluding carboxylic acids is 10. The number of carbonyl (C=O) groups is 10. The van der Waals surface area contributed by atoms with Crippen LogP contribution in [-0.2, 0) is 65.6 Å². The van der Waals surface area contributed by atoms with E-state index in [-0.39, 0.29) is 62.7 Å². The highest BCUT2D eigenvalue weighted by molar-refractivity contribution is 7.09. The molecular weight excluding hydrogens is 1180 g/mol. The van der Waals surface area contributed by atoms with Gasteiger partial charge in [0.25, 0.3) is 0 Å². The van der Waals surface area contributed by atoms with E-state index in [0.29, 0.717) is 43.5 Å². The zero-order chi connectivity index (χ0) is 67.0. The fourth-order valence-corrected chi connectivity index (χ4v) is 11.5. The Kier molecular flexibility index (Phi) is 30.0. The lowest BCUT2D eigenvalue weighted by Gasteiger charge is -2.41. The molecule has 90 heavy (non-hydrogen) atoms. The lowest BCUT2D eigenvalue weighted by atomic mass is 9.89. The summed E-state index contributed by atoms with van der Waals surface area (Å²) in [5.74, 6) is -5.71. The second-order valence-corrected chi connectivity index (χ2v) is 25.1. The normalized spacial score (nSPS) is 16.5. The molecule has 1 aromatic heterocycles. The number of nitrogens with zero attached hydrogens (tertiary/aromatic N) is 3. The van der Waals surface area contributed by atoms with Crippen molar-refractivity contribution in [2.24, 2.45) is 35.1 Å². The molecule has 1 aliphatic rings. The van der Waals surface area contributed by atoms with Gasteiger partial charge in [-0.05, 0) is 87.0 Å².